The summed E-state index contributed by atoms with van der Waals surface area (Å²) >= 11 is 6.74. The van der Waals surface area contributed by atoms with Crippen LogP contribution in [0.3, 0.4) is 0 Å². The van der Waals surface area contributed by atoms with Gasteiger partial charge in [0.1, 0.15) is 0 Å². The minimum atomic E-state index is 0.537. The summed E-state index contributed by atoms with van der Waals surface area (Å²) in [5.74, 6) is 0. The topological polar surface area (TPSA) is 28.7 Å². The highest BCUT2D eigenvalue weighted by atomic mass is 32.1. The van der Waals surface area contributed by atoms with Gasteiger partial charge in [-0.3, -0.25) is 0 Å². The molecule has 2 heterocycles. The highest BCUT2D eigenvalue weighted by molar-refractivity contribution is 7.71. The molecule has 1 N–H and O–H groups in total. The van der Waals surface area contributed by atoms with Crippen LogP contribution in [0.15, 0.2) is 17.6 Å². The summed E-state index contributed by atoms with van der Waals surface area (Å²) < 4.78 is 0.537. The second-order valence-corrected chi connectivity index (χ2v) is 4.69. The van der Waals surface area contributed by atoms with Crippen LogP contribution in [-0.2, 0) is 0 Å². The maximum absolute atomic E-state index is 5.00. The van der Waals surface area contributed by atoms with E-state index in [1.807, 2.05) is 6.92 Å². The molecule has 2 aromatic rings. The van der Waals surface area contributed by atoms with Gasteiger partial charge in [-0.1, -0.05) is 0 Å². The van der Waals surface area contributed by atoms with Gasteiger partial charge in [-0.05, 0) is 37.7 Å². The Hall–Kier alpha value is -1.00. The molecule has 0 unspecified atom stereocenters. The Morgan fingerprint density at radius 1 is 1.43 bits per heavy atom. The zero-order valence-electron chi connectivity index (χ0n) is 8.00. The van der Waals surface area contributed by atoms with Crippen molar-refractivity contribution >= 4 is 23.6 Å². The van der Waals surface area contributed by atoms with Crippen molar-refractivity contribution in [3.63, 3.8) is 0 Å². The fourth-order valence-corrected chi connectivity index (χ4v) is 2.18. The maximum atomic E-state index is 5.00. The number of aromatic amines is 1. The zero-order valence-corrected chi connectivity index (χ0v) is 9.63. The first-order chi connectivity index (χ1) is 6.66. The van der Waals surface area contributed by atoms with Crippen molar-refractivity contribution in [2.75, 3.05) is 0 Å². The van der Waals surface area contributed by atoms with Gasteiger partial charge in [0.2, 0.25) is 0 Å². The summed E-state index contributed by atoms with van der Waals surface area (Å²) in [6.07, 6.45) is 1.81. The Kier molecular flexibility index (Phi) is 2.48. The molecule has 0 aliphatic carbocycles. The molecule has 0 amide bonds. The number of hydrogen-bond acceptors (Lipinski definition) is 3. The molecule has 0 fully saturated rings. The van der Waals surface area contributed by atoms with E-state index in [2.05, 4.69) is 28.3 Å². The molecule has 4 heteroatoms. The van der Waals surface area contributed by atoms with Crippen LogP contribution in [0.5, 0.6) is 0 Å². The minimum absolute atomic E-state index is 0.537. The van der Waals surface area contributed by atoms with Gasteiger partial charge in [0.15, 0.2) is 4.77 Å². The van der Waals surface area contributed by atoms with Crippen LogP contribution in [0.4, 0.5) is 0 Å². The first-order valence-corrected chi connectivity index (χ1v) is 5.57. The van der Waals surface area contributed by atoms with Gasteiger partial charge >= 0.3 is 0 Å². The molecule has 0 aliphatic rings. The third-order valence-electron chi connectivity index (χ3n) is 2.02. The average molecular weight is 222 g/mol. The number of aromatic nitrogens is 2. The molecule has 0 aliphatic heterocycles. The predicted molar refractivity (Wildman–Crippen MR) is 62.2 cm³/mol. The molecular weight excluding hydrogens is 212 g/mol. The van der Waals surface area contributed by atoms with E-state index in [1.54, 1.807) is 17.5 Å². The van der Waals surface area contributed by atoms with Crippen LogP contribution in [0.2, 0.25) is 0 Å². The molecule has 0 aromatic carbocycles. The van der Waals surface area contributed by atoms with Crippen LogP contribution in [-0.4, -0.2) is 9.97 Å². The molecule has 72 valence electrons. The van der Waals surface area contributed by atoms with Crippen molar-refractivity contribution in [3.05, 3.63) is 32.9 Å². The summed E-state index contributed by atoms with van der Waals surface area (Å²) in [5.41, 5.74) is 3.39. The summed E-state index contributed by atoms with van der Waals surface area (Å²) in [5, 5.41) is 2.13. The molecule has 0 spiro atoms. The average Bonchev–Trinajstić information content (AvgIpc) is 2.56. The van der Waals surface area contributed by atoms with Crippen LogP contribution < -0.4 is 0 Å². The van der Waals surface area contributed by atoms with Crippen LogP contribution in [0.25, 0.3) is 11.3 Å². The Bertz CT molecular complexity index is 511. The fourth-order valence-electron chi connectivity index (χ4n) is 1.33. The molecule has 2 aromatic heterocycles. The fraction of sp³-hybridized carbons (Fsp3) is 0.200. The number of aryl methyl sites for hydroxylation is 2. The monoisotopic (exact) mass is 222 g/mol. The van der Waals surface area contributed by atoms with Crippen LogP contribution in [0.1, 0.15) is 10.4 Å². The molecule has 0 atom stereocenters. The molecule has 2 nitrogen and oxygen atoms in total. The second-order valence-electron chi connectivity index (χ2n) is 3.19. The van der Waals surface area contributed by atoms with Gasteiger partial charge in [-0.2, -0.15) is 0 Å². The first kappa shape index (κ1) is 9.55. The van der Waals surface area contributed by atoms with E-state index in [1.165, 1.54) is 10.4 Å². The number of hydrogen-bond donors (Lipinski definition) is 1. The van der Waals surface area contributed by atoms with E-state index in [9.17, 15) is 0 Å². The van der Waals surface area contributed by atoms with Gasteiger partial charge in [-0.15, -0.1) is 11.3 Å². The Morgan fingerprint density at radius 3 is 2.86 bits per heavy atom. The number of rotatable bonds is 1. The number of nitrogens with zero attached hydrogens (tertiary/aromatic N) is 1. The molecular formula is C10H10N2S2. The number of H-pyrrole nitrogens is 1. The van der Waals surface area contributed by atoms with E-state index in [-0.39, 0.29) is 0 Å². The molecule has 2 rings (SSSR count). The van der Waals surface area contributed by atoms with Gasteiger partial charge in [0.05, 0.1) is 5.69 Å². The summed E-state index contributed by atoms with van der Waals surface area (Å²) in [6.45, 7) is 4.12. The normalized spacial score (nSPS) is 10.4. The van der Waals surface area contributed by atoms with Gasteiger partial charge in [0.25, 0.3) is 0 Å². The van der Waals surface area contributed by atoms with Crippen molar-refractivity contribution < 1.29 is 0 Å². The van der Waals surface area contributed by atoms with Gasteiger partial charge in [-0.25, -0.2) is 4.98 Å². The van der Waals surface area contributed by atoms with E-state index in [0.717, 1.165) is 11.3 Å². The van der Waals surface area contributed by atoms with E-state index < -0.39 is 0 Å². The van der Waals surface area contributed by atoms with Crippen LogP contribution >= 0.6 is 23.6 Å². The lowest BCUT2D eigenvalue weighted by Gasteiger charge is -2.01. The molecule has 0 bridgehead atoms. The van der Waals surface area contributed by atoms with Gasteiger partial charge < -0.3 is 4.98 Å². The highest BCUT2D eigenvalue weighted by Crippen LogP contribution is 2.25. The van der Waals surface area contributed by atoms with Crippen molar-refractivity contribution in [1.29, 1.82) is 0 Å². The largest absolute Gasteiger partial charge is 0.330 e. The second kappa shape index (κ2) is 3.63. The smallest absolute Gasteiger partial charge is 0.197 e. The third-order valence-corrected chi connectivity index (χ3v) is 3.09. The van der Waals surface area contributed by atoms with Gasteiger partial charge in [0, 0.05) is 22.0 Å². The molecule has 0 saturated heterocycles. The lowest BCUT2D eigenvalue weighted by atomic mass is 10.1. The van der Waals surface area contributed by atoms with Crippen molar-refractivity contribution in [1.82, 2.24) is 9.97 Å². The summed E-state index contributed by atoms with van der Waals surface area (Å²) in [7, 11) is 0. The van der Waals surface area contributed by atoms with E-state index >= 15 is 0 Å². The SMILES string of the molecule is Cc1cc(-c2[nH]c(=S)ncc2C)cs1. The van der Waals surface area contributed by atoms with Crippen LogP contribution in [0, 0.1) is 18.6 Å². The van der Waals surface area contributed by atoms with Crippen molar-refractivity contribution in [2.45, 2.75) is 13.8 Å². The predicted octanol–water partition coefficient (Wildman–Crippen LogP) is 3.48. The first-order valence-electron chi connectivity index (χ1n) is 4.28. The highest BCUT2D eigenvalue weighted by Gasteiger charge is 2.03. The lowest BCUT2D eigenvalue weighted by Crippen LogP contribution is -1.89. The minimum Gasteiger partial charge on any atom is -0.330 e. The Balaban J connectivity index is 2.61. The summed E-state index contributed by atoms with van der Waals surface area (Å²) in [6, 6.07) is 2.15. The number of thiophene rings is 1. The quantitative estimate of drug-likeness (QED) is 0.748. The third kappa shape index (κ3) is 1.76. The lowest BCUT2D eigenvalue weighted by molar-refractivity contribution is 1.11. The Labute approximate surface area is 91.7 Å². The number of nitrogens with one attached hydrogen (secondary N) is 1. The molecule has 0 saturated carbocycles. The molecule has 14 heavy (non-hydrogen) atoms. The van der Waals surface area contributed by atoms with Crippen molar-refractivity contribution in [3.8, 4) is 11.3 Å². The van der Waals surface area contributed by atoms with E-state index in [0.29, 0.717) is 4.77 Å². The standard InChI is InChI=1S/C10H10N2S2/c1-6-4-11-10(13)12-9(6)8-3-7(2)14-5-8/h3-5H,1-2H3,(H,11,12,13). The zero-order chi connectivity index (χ0) is 10.1. The Morgan fingerprint density at radius 2 is 2.21 bits per heavy atom. The van der Waals surface area contributed by atoms with E-state index in [4.69, 9.17) is 12.2 Å². The summed E-state index contributed by atoms with van der Waals surface area (Å²) in [4.78, 5) is 8.45. The maximum Gasteiger partial charge on any atom is 0.197 e. The molecule has 0 radical (unpaired) electrons. The van der Waals surface area contributed by atoms with Crippen molar-refractivity contribution in [2.24, 2.45) is 0 Å².